The van der Waals surface area contributed by atoms with Gasteiger partial charge in [0.15, 0.2) is 0 Å². The highest BCUT2D eigenvalue weighted by Gasteiger charge is 2.02. The lowest BCUT2D eigenvalue weighted by Crippen LogP contribution is -2.01. The largest absolute Gasteiger partial charge is 0.496 e. The summed E-state index contributed by atoms with van der Waals surface area (Å²) < 4.78 is 9.89. The fraction of sp³-hybridized carbons (Fsp3) is 0.357. The van der Waals surface area contributed by atoms with Crippen LogP contribution in [0.15, 0.2) is 18.2 Å². The van der Waals surface area contributed by atoms with Crippen molar-refractivity contribution in [3.8, 4) is 17.6 Å². The average Bonchev–Trinajstić information content (AvgIpc) is 2.38. The first-order chi connectivity index (χ1) is 8.71. The Morgan fingerprint density at radius 3 is 2.83 bits per heavy atom. The van der Waals surface area contributed by atoms with Gasteiger partial charge in [0.25, 0.3) is 0 Å². The lowest BCUT2D eigenvalue weighted by atomic mass is 10.1. The number of hydrogen-bond donors (Lipinski definition) is 1. The molecule has 1 N–H and O–H groups in total. The second-order valence-corrected chi connectivity index (χ2v) is 3.47. The van der Waals surface area contributed by atoms with Gasteiger partial charge in [-0.05, 0) is 19.1 Å². The van der Waals surface area contributed by atoms with Crippen molar-refractivity contribution in [1.29, 1.82) is 0 Å². The Labute approximate surface area is 107 Å². The molecule has 0 saturated carbocycles. The number of rotatable bonds is 4. The number of methoxy groups -OCH3 is 1. The molecule has 0 saturated heterocycles. The Morgan fingerprint density at radius 1 is 1.44 bits per heavy atom. The third-order valence-corrected chi connectivity index (χ3v) is 2.23. The van der Waals surface area contributed by atoms with Crippen molar-refractivity contribution in [1.82, 2.24) is 0 Å². The van der Waals surface area contributed by atoms with Crippen LogP contribution in [0, 0.1) is 11.8 Å². The van der Waals surface area contributed by atoms with E-state index < -0.39 is 0 Å². The van der Waals surface area contributed by atoms with Crippen molar-refractivity contribution in [2.24, 2.45) is 0 Å². The summed E-state index contributed by atoms with van der Waals surface area (Å²) in [6, 6.07) is 5.24. The van der Waals surface area contributed by atoms with Crippen LogP contribution in [-0.4, -0.2) is 24.8 Å². The van der Waals surface area contributed by atoms with E-state index in [0.29, 0.717) is 17.9 Å². The topological polar surface area (TPSA) is 55.8 Å². The molecule has 0 fully saturated rings. The summed E-state index contributed by atoms with van der Waals surface area (Å²) >= 11 is 0. The average molecular weight is 248 g/mol. The zero-order valence-electron chi connectivity index (χ0n) is 10.5. The second kappa shape index (κ2) is 7.36. The Kier molecular flexibility index (Phi) is 5.75. The molecular weight excluding hydrogens is 232 g/mol. The monoisotopic (exact) mass is 248 g/mol. The number of ether oxygens (including phenoxy) is 2. The molecule has 0 heterocycles. The zero-order chi connectivity index (χ0) is 13.4. The summed E-state index contributed by atoms with van der Waals surface area (Å²) in [6.45, 7) is 2.03. The van der Waals surface area contributed by atoms with Crippen LogP contribution in [0.1, 0.15) is 24.5 Å². The summed E-state index contributed by atoms with van der Waals surface area (Å²) in [5, 5.41) is 9.07. The minimum atomic E-state index is -0.330. The molecule has 4 nitrogen and oxygen atoms in total. The third-order valence-electron chi connectivity index (χ3n) is 2.23. The van der Waals surface area contributed by atoms with Crippen molar-refractivity contribution in [2.45, 2.75) is 20.0 Å². The Morgan fingerprint density at radius 2 is 2.22 bits per heavy atom. The van der Waals surface area contributed by atoms with Gasteiger partial charge in [-0.3, -0.25) is 4.79 Å². The Bertz CT molecular complexity index is 468. The van der Waals surface area contributed by atoms with Crippen LogP contribution in [0.4, 0.5) is 0 Å². The fourth-order valence-corrected chi connectivity index (χ4v) is 1.38. The molecule has 1 aromatic rings. The molecule has 4 heteroatoms. The highest BCUT2D eigenvalue weighted by Crippen LogP contribution is 2.19. The van der Waals surface area contributed by atoms with Crippen LogP contribution < -0.4 is 4.74 Å². The minimum Gasteiger partial charge on any atom is -0.496 e. The maximum Gasteiger partial charge on any atom is 0.317 e. The number of carbonyl (C=O) groups is 1. The van der Waals surface area contributed by atoms with Crippen LogP contribution in [0.25, 0.3) is 0 Å². The summed E-state index contributed by atoms with van der Waals surface area (Å²) in [5.41, 5.74) is 1.43. The zero-order valence-corrected chi connectivity index (χ0v) is 10.5. The van der Waals surface area contributed by atoms with Gasteiger partial charge < -0.3 is 14.6 Å². The summed E-state index contributed by atoms with van der Waals surface area (Å²) in [7, 11) is 1.53. The SMILES string of the molecule is CCOC(=O)CC#Cc1ccc(CO)c(OC)c1. The van der Waals surface area contributed by atoms with Crippen molar-refractivity contribution >= 4 is 5.97 Å². The molecule has 0 unspecified atom stereocenters. The lowest BCUT2D eigenvalue weighted by molar-refractivity contribution is -0.141. The van der Waals surface area contributed by atoms with E-state index in [1.54, 1.807) is 25.1 Å². The molecule has 0 aromatic heterocycles. The second-order valence-electron chi connectivity index (χ2n) is 3.47. The van der Waals surface area contributed by atoms with Gasteiger partial charge in [-0.2, -0.15) is 0 Å². The fourth-order valence-electron chi connectivity index (χ4n) is 1.38. The molecule has 0 spiro atoms. The lowest BCUT2D eigenvalue weighted by Gasteiger charge is -2.05. The molecule has 0 aliphatic rings. The number of carbonyl (C=O) groups excluding carboxylic acids is 1. The molecule has 0 amide bonds. The number of benzene rings is 1. The van der Waals surface area contributed by atoms with E-state index in [9.17, 15) is 4.79 Å². The van der Waals surface area contributed by atoms with Gasteiger partial charge >= 0.3 is 5.97 Å². The molecule has 96 valence electrons. The van der Waals surface area contributed by atoms with Gasteiger partial charge in [-0.25, -0.2) is 0 Å². The number of esters is 1. The molecular formula is C14H16O4. The van der Waals surface area contributed by atoms with Gasteiger partial charge in [-0.1, -0.05) is 17.9 Å². The first-order valence-corrected chi connectivity index (χ1v) is 5.63. The molecule has 0 bridgehead atoms. The van der Waals surface area contributed by atoms with Crippen LogP contribution in [0.3, 0.4) is 0 Å². The van der Waals surface area contributed by atoms with Crippen LogP contribution in [0.2, 0.25) is 0 Å². The van der Waals surface area contributed by atoms with Gasteiger partial charge in [0.1, 0.15) is 12.2 Å². The molecule has 0 aliphatic heterocycles. The molecule has 0 radical (unpaired) electrons. The first-order valence-electron chi connectivity index (χ1n) is 5.63. The Hall–Kier alpha value is -1.99. The highest BCUT2D eigenvalue weighted by atomic mass is 16.5. The maximum atomic E-state index is 11.1. The van der Waals surface area contributed by atoms with Gasteiger partial charge in [0.05, 0.1) is 20.3 Å². The van der Waals surface area contributed by atoms with E-state index in [2.05, 4.69) is 11.8 Å². The number of hydrogen-bond acceptors (Lipinski definition) is 4. The van der Waals surface area contributed by atoms with E-state index >= 15 is 0 Å². The van der Waals surface area contributed by atoms with Crippen LogP contribution >= 0.6 is 0 Å². The van der Waals surface area contributed by atoms with E-state index in [0.717, 1.165) is 5.56 Å². The molecule has 1 rings (SSSR count). The van der Waals surface area contributed by atoms with Crippen molar-refractivity contribution in [3.63, 3.8) is 0 Å². The standard InChI is InChI=1S/C14H16O4/c1-3-18-14(16)6-4-5-11-7-8-12(10-15)13(9-11)17-2/h7-9,15H,3,6,10H2,1-2H3. The number of aliphatic hydroxyl groups is 1. The molecule has 0 aliphatic carbocycles. The number of aliphatic hydroxyl groups excluding tert-OH is 1. The van der Waals surface area contributed by atoms with Crippen molar-refractivity contribution in [3.05, 3.63) is 29.3 Å². The first kappa shape index (κ1) is 14.1. The predicted octanol–water partition coefficient (Wildman–Crippen LogP) is 1.49. The van der Waals surface area contributed by atoms with Crippen molar-refractivity contribution < 1.29 is 19.4 Å². The van der Waals surface area contributed by atoms with E-state index in [1.807, 2.05) is 0 Å². The summed E-state index contributed by atoms with van der Waals surface area (Å²) in [4.78, 5) is 11.1. The molecule has 0 atom stereocenters. The third kappa shape index (κ3) is 4.11. The molecule has 18 heavy (non-hydrogen) atoms. The maximum absolute atomic E-state index is 11.1. The van der Waals surface area contributed by atoms with Gasteiger partial charge in [0, 0.05) is 11.1 Å². The van der Waals surface area contributed by atoms with E-state index in [4.69, 9.17) is 14.6 Å². The highest BCUT2D eigenvalue weighted by molar-refractivity contribution is 5.72. The van der Waals surface area contributed by atoms with E-state index in [1.165, 1.54) is 7.11 Å². The van der Waals surface area contributed by atoms with Gasteiger partial charge in [-0.15, -0.1) is 0 Å². The minimum absolute atomic E-state index is 0.0674. The van der Waals surface area contributed by atoms with Crippen molar-refractivity contribution in [2.75, 3.05) is 13.7 Å². The van der Waals surface area contributed by atoms with Crippen LogP contribution in [0.5, 0.6) is 5.75 Å². The van der Waals surface area contributed by atoms with E-state index in [-0.39, 0.29) is 19.0 Å². The van der Waals surface area contributed by atoms with Gasteiger partial charge in [0.2, 0.25) is 0 Å². The molecule has 1 aromatic carbocycles. The Balaban J connectivity index is 2.74. The summed E-state index contributed by atoms with van der Waals surface area (Å²) in [5.74, 6) is 5.83. The predicted molar refractivity (Wildman–Crippen MR) is 67.0 cm³/mol. The normalized spacial score (nSPS) is 9.28. The smallest absolute Gasteiger partial charge is 0.317 e. The van der Waals surface area contributed by atoms with Crippen LogP contribution in [-0.2, 0) is 16.1 Å². The quantitative estimate of drug-likeness (QED) is 0.648. The summed E-state index contributed by atoms with van der Waals surface area (Å²) in [6.07, 6.45) is 0.0674.